The second kappa shape index (κ2) is 9.92. The van der Waals surface area contributed by atoms with Crippen LogP contribution in [-0.4, -0.2) is 57.6 Å². The van der Waals surface area contributed by atoms with E-state index in [-0.39, 0.29) is 11.9 Å². The Bertz CT molecular complexity index is 763. The van der Waals surface area contributed by atoms with Crippen LogP contribution in [0.25, 0.3) is 0 Å². The van der Waals surface area contributed by atoms with Crippen molar-refractivity contribution in [2.75, 3.05) is 41.8 Å². The number of benzene rings is 2. The van der Waals surface area contributed by atoms with E-state index in [9.17, 15) is 4.39 Å². The van der Waals surface area contributed by atoms with Gasteiger partial charge in [0.25, 0.3) is 0 Å². The number of hydrogen-bond donors (Lipinski definition) is 1. The second-order valence-corrected chi connectivity index (χ2v) is 6.67. The number of nitrogens with zero attached hydrogens (tertiary/aromatic N) is 3. The van der Waals surface area contributed by atoms with Crippen molar-refractivity contribution in [2.24, 2.45) is 4.99 Å². The van der Waals surface area contributed by atoms with Gasteiger partial charge in [-0.3, -0.25) is 4.99 Å². The summed E-state index contributed by atoms with van der Waals surface area (Å²) in [5.74, 6) is 1.37. The van der Waals surface area contributed by atoms with Gasteiger partial charge in [-0.25, -0.2) is 4.39 Å². The Morgan fingerprint density at radius 1 is 1.15 bits per heavy atom. The lowest BCUT2D eigenvalue weighted by Crippen LogP contribution is -2.42. The highest BCUT2D eigenvalue weighted by atomic mass is 19.1. The first kappa shape index (κ1) is 20.7. The van der Waals surface area contributed by atoms with Gasteiger partial charge in [-0.05, 0) is 49.5 Å². The van der Waals surface area contributed by atoms with E-state index in [0.717, 1.165) is 22.8 Å². The van der Waals surface area contributed by atoms with E-state index in [1.807, 2.05) is 50.3 Å². The van der Waals surface area contributed by atoms with Crippen LogP contribution in [0.4, 0.5) is 4.39 Å². The maximum atomic E-state index is 13.4. The summed E-state index contributed by atoms with van der Waals surface area (Å²) in [5.41, 5.74) is 2.06. The molecule has 2 aromatic carbocycles. The molecular weight excluding hydrogens is 343 g/mol. The Morgan fingerprint density at radius 2 is 1.89 bits per heavy atom. The molecule has 0 bridgehead atoms. The molecule has 0 saturated carbocycles. The molecule has 0 aliphatic rings. The zero-order chi connectivity index (χ0) is 19.8. The standard InChI is InChI=1S/C21H29FN4O/c1-23-21(26(4)15-16-8-6-10-18(22)12-16)24-14-20(25(2)3)17-9-7-11-19(13-17)27-5/h6-13,20H,14-15H2,1-5H3,(H,23,24). The van der Waals surface area contributed by atoms with Crippen LogP contribution in [0.5, 0.6) is 5.75 Å². The van der Waals surface area contributed by atoms with E-state index in [1.54, 1.807) is 26.3 Å². The van der Waals surface area contributed by atoms with E-state index in [0.29, 0.717) is 13.1 Å². The van der Waals surface area contributed by atoms with Gasteiger partial charge in [0.15, 0.2) is 5.96 Å². The number of hydrogen-bond acceptors (Lipinski definition) is 3. The summed E-state index contributed by atoms with van der Waals surface area (Å²) in [4.78, 5) is 8.49. The van der Waals surface area contributed by atoms with Gasteiger partial charge >= 0.3 is 0 Å². The molecule has 0 aliphatic heterocycles. The van der Waals surface area contributed by atoms with E-state index in [2.05, 4.69) is 21.3 Å². The highest BCUT2D eigenvalue weighted by Crippen LogP contribution is 2.22. The summed E-state index contributed by atoms with van der Waals surface area (Å²) in [6.45, 7) is 1.25. The minimum absolute atomic E-state index is 0.152. The van der Waals surface area contributed by atoms with Crippen molar-refractivity contribution in [1.29, 1.82) is 0 Å². The van der Waals surface area contributed by atoms with Crippen molar-refractivity contribution in [1.82, 2.24) is 15.1 Å². The van der Waals surface area contributed by atoms with Gasteiger partial charge in [-0.2, -0.15) is 0 Å². The normalized spacial score (nSPS) is 12.8. The Hall–Kier alpha value is -2.60. The Labute approximate surface area is 161 Å². The number of likely N-dealkylation sites (N-methyl/N-ethyl adjacent to an activating group) is 1. The molecule has 0 saturated heterocycles. The zero-order valence-corrected chi connectivity index (χ0v) is 16.7. The number of nitrogens with one attached hydrogen (secondary N) is 1. The minimum atomic E-state index is -0.227. The molecule has 0 spiro atoms. The smallest absolute Gasteiger partial charge is 0.193 e. The molecule has 0 aromatic heterocycles. The molecule has 1 N–H and O–H groups in total. The van der Waals surface area contributed by atoms with Crippen molar-refractivity contribution in [3.63, 3.8) is 0 Å². The number of ether oxygens (including phenoxy) is 1. The van der Waals surface area contributed by atoms with E-state index in [1.165, 1.54) is 6.07 Å². The molecule has 0 heterocycles. The Balaban J connectivity index is 2.05. The van der Waals surface area contributed by atoms with Crippen LogP contribution in [0.3, 0.4) is 0 Å². The number of rotatable bonds is 7. The predicted octanol–water partition coefficient (Wildman–Crippen LogP) is 3.14. The minimum Gasteiger partial charge on any atom is -0.497 e. The lowest BCUT2D eigenvalue weighted by molar-refractivity contribution is 0.294. The molecule has 1 atom stereocenters. The highest BCUT2D eigenvalue weighted by molar-refractivity contribution is 5.79. The van der Waals surface area contributed by atoms with Gasteiger partial charge in [-0.1, -0.05) is 24.3 Å². The van der Waals surface area contributed by atoms with Crippen molar-refractivity contribution < 1.29 is 9.13 Å². The Kier molecular flexibility index (Phi) is 7.61. The van der Waals surface area contributed by atoms with Gasteiger partial charge in [0.1, 0.15) is 11.6 Å². The zero-order valence-electron chi connectivity index (χ0n) is 16.7. The fourth-order valence-electron chi connectivity index (χ4n) is 3.00. The van der Waals surface area contributed by atoms with Crippen LogP contribution in [0.1, 0.15) is 17.2 Å². The third-order valence-electron chi connectivity index (χ3n) is 4.44. The molecule has 6 heteroatoms. The number of guanidine groups is 1. The topological polar surface area (TPSA) is 40.1 Å². The van der Waals surface area contributed by atoms with Gasteiger partial charge in [-0.15, -0.1) is 0 Å². The third-order valence-corrected chi connectivity index (χ3v) is 4.44. The fraction of sp³-hybridized carbons (Fsp3) is 0.381. The highest BCUT2D eigenvalue weighted by Gasteiger charge is 2.16. The molecule has 0 aliphatic carbocycles. The van der Waals surface area contributed by atoms with Crippen LogP contribution in [0.2, 0.25) is 0 Å². The lowest BCUT2D eigenvalue weighted by Gasteiger charge is -2.28. The average Bonchev–Trinajstić information content (AvgIpc) is 2.65. The van der Waals surface area contributed by atoms with Gasteiger partial charge in [0, 0.05) is 27.2 Å². The van der Waals surface area contributed by atoms with Crippen molar-refractivity contribution in [2.45, 2.75) is 12.6 Å². The number of aliphatic imine (C=N–C) groups is 1. The van der Waals surface area contributed by atoms with Crippen LogP contribution in [-0.2, 0) is 6.54 Å². The van der Waals surface area contributed by atoms with E-state index < -0.39 is 0 Å². The average molecular weight is 372 g/mol. The monoisotopic (exact) mass is 372 g/mol. The van der Waals surface area contributed by atoms with Crippen LogP contribution in [0.15, 0.2) is 53.5 Å². The fourth-order valence-corrected chi connectivity index (χ4v) is 3.00. The quantitative estimate of drug-likeness (QED) is 0.599. The lowest BCUT2D eigenvalue weighted by atomic mass is 10.1. The molecule has 0 amide bonds. The molecule has 27 heavy (non-hydrogen) atoms. The maximum absolute atomic E-state index is 13.4. The van der Waals surface area contributed by atoms with Gasteiger partial charge in [0.05, 0.1) is 13.2 Å². The molecule has 2 aromatic rings. The maximum Gasteiger partial charge on any atom is 0.193 e. The van der Waals surface area contributed by atoms with Crippen molar-refractivity contribution in [3.8, 4) is 5.75 Å². The first-order chi connectivity index (χ1) is 12.9. The van der Waals surface area contributed by atoms with Crippen LogP contribution in [0, 0.1) is 5.82 Å². The van der Waals surface area contributed by atoms with Gasteiger partial charge < -0.3 is 19.9 Å². The van der Waals surface area contributed by atoms with Crippen molar-refractivity contribution >= 4 is 5.96 Å². The molecule has 0 radical (unpaired) electrons. The van der Waals surface area contributed by atoms with E-state index in [4.69, 9.17) is 4.74 Å². The molecule has 0 fully saturated rings. The summed E-state index contributed by atoms with van der Waals surface area (Å²) in [6, 6.07) is 14.9. The first-order valence-corrected chi connectivity index (χ1v) is 8.91. The first-order valence-electron chi connectivity index (χ1n) is 8.91. The summed E-state index contributed by atoms with van der Waals surface area (Å²) in [6.07, 6.45) is 0. The summed E-state index contributed by atoms with van der Waals surface area (Å²) < 4.78 is 18.8. The third kappa shape index (κ3) is 5.96. The van der Waals surface area contributed by atoms with Gasteiger partial charge in [0.2, 0.25) is 0 Å². The molecule has 2 rings (SSSR count). The molecule has 5 nitrogen and oxygen atoms in total. The van der Waals surface area contributed by atoms with Crippen LogP contribution >= 0.6 is 0 Å². The van der Waals surface area contributed by atoms with E-state index >= 15 is 0 Å². The second-order valence-electron chi connectivity index (χ2n) is 6.67. The van der Waals surface area contributed by atoms with Crippen LogP contribution < -0.4 is 10.1 Å². The molecule has 146 valence electrons. The Morgan fingerprint density at radius 3 is 2.52 bits per heavy atom. The predicted molar refractivity (Wildman–Crippen MR) is 109 cm³/mol. The summed E-state index contributed by atoms with van der Waals surface area (Å²) in [5, 5.41) is 3.42. The molecular formula is C21H29FN4O. The SMILES string of the molecule is CN=C(NCC(c1cccc(OC)c1)N(C)C)N(C)Cc1cccc(F)c1. The number of methoxy groups -OCH3 is 1. The number of halogens is 1. The largest absolute Gasteiger partial charge is 0.497 e. The molecule has 1 unspecified atom stereocenters. The summed E-state index contributed by atoms with van der Waals surface area (Å²) >= 11 is 0. The summed E-state index contributed by atoms with van der Waals surface area (Å²) in [7, 11) is 9.46. The van der Waals surface area contributed by atoms with Crippen molar-refractivity contribution in [3.05, 3.63) is 65.5 Å².